The molecule has 8 heteroatoms. The Morgan fingerprint density at radius 1 is 1.25 bits per heavy atom. The Labute approximate surface area is 174 Å². The molecule has 0 aromatic carbocycles. The van der Waals surface area contributed by atoms with E-state index in [0.717, 1.165) is 58.6 Å². The first-order chi connectivity index (χ1) is 13.4. The molecule has 0 unspecified atom stereocenters. The van der Waals surface area contributed by atoms with E-state index >= 15 is 0 Å². The molecule has 6 nitrogen and oxygen atoms in total. The number of hydrogen-bond acceptors (Lipinski definition) is 6. The van der Waals surface area contributed by atoms with Crippen LogP contribution >= 0.6 is 22.7 Å². The van der Waals surface area contributed by atoms with Crippen molar-refractivity contribution in [1.29, 1.82) is 0 Å². The van der Waals surface area contributed by atoms with Crippen LogP contribution in [0, 0.1) is 5.92 Å². The second-order valence-electron chi connectivity index (χ2n) is 7.68. The first kappa shape index (κ1) is 21.0. The lowest BCUT2D eigenvalue weighted by Crippen LogP contribution is -2.46. The second kappa shape index (κ2) is 9.22. The first-order valence-electron chi connectivity index (χ1n) is 10.1. The molecule has 0 atom stereocenters. The average molecular weight is 423 g/mol. The molecular weight excluding hydrogens is 392 g/mol. The molecule has 2 aromatic rings. The number of piperidine rings is 1. The van der Waals surface area contributed by atoms with Gasteiger partial charge in [-0.3, -0.25) is 9.59 Å². The fourth-order valence-electron chi connectivity index (χ4n) is 3.47. The number of nitrogens with zero attached hydrogens (tertiary/aromatic N) is 3. The van der Waals surface area contributed by atoms with E-state index in [9.17, 15) is 9.59 Å². The number of hydrogen-bond donors (Lipinski definition) is 1. The summed E-state index contributed by atoms with van der Waals surface area (Å²) in [5, 5.41) is 4.17. The monoisotopic (exact) mass is 422 g/mol. The van der Waals surface area contributed by atoms with Crippen LogP contribution in [0.25, 0.3) is 9.53 Å². The van der Waals surface area contributed by atoms with E-state index in [2.05, 4.69) is 37.9 Å². The van der Waals surface area contributed by atoms with E-state index in [1.165, 1.54) is 11.3 Å². The minimum absolute atomic E-state index is 0.0217. The predicted octanol–water partition coefficient (Wildman–Crippen LogP) is 3.97. The molecule has 3 heterocycles. The lowest BCUT2D eigenvalue weighted by Gasteiger charge is -2.32. The number of thiazole rings is 1. The Morgan fingerprint density at radius 2 is 1.93 bits per heavy atom. The SMILES string of the molecule is CCN(CC)c1nc2sc(C(=O)NC3CCN(C(=O)CC(C)C)CC3)cc2s1. The van der Waals surface area contributed by atoms with Crippen LogP contribution in [0.15, 0.2) is 6.07 Å². The minimum atomic E-state index is -0.0217. The average Bonchev–Trinajstić information content (AvgIpc) is 3.22. The highest BCUT2D eigenvalue weighted by atomic mass is 32.1. The van der Waals surface area contributed by atoms with Gasteiger partial charge in [0, 0.05) is 38.6 Å². The standard InChI is InChI=1S/C20H30N4O2S2/c1-5-23(6-2)20-22-19-16(28-20)12-15(27-19)18(26)21-14-7-9-24(10-8-14)17(25)11-13(3)4/h12-14H,5-11H2,1-4H3,(H,21,26). The summed E-state index contributed by atoms with van der Waals surface area (Å²) in [5.41, 5.74) is 0. The molecule has 0 spiro atoms. The van der Waals surface area contributed by atoms with Gasteiger partial charge in [0.1, 0.15) is 4.83 Å². The summed E-state index contributed by atoms with van der Waals surface area (Å²) in [7, 11) is 0. The minimum Gasteiger partial charge on any atom is -0.349 e. The largest absolute Gasteiger partial charge is 0.349 e. The number of amides is 2. The molecular formula is C20H30N4O2S2. The number of likely N-dealkylation sites (tertiary alicyclic amines) is 1. The third kappa shape index (κ3) is 4.84. The maximum atomic E-state index is 12.7. The van der Waals surface area contributed by atoms with Crippen molar-refractivity contribution in [2.75, 3.05) is 31.1 Å². The van der Waals surface area contributed by atoms with E-state index in [-0.39, 0.29) is 17.9 Å². The van der Waals surface area contributed by atoms with Gasteiger partial charge in [-0.2, -0.15) is 0 Å². The number of anilines is 1. The van der Waals surface area contributed by atoms with Gasteiger partial charge < -0.3 is 15.1 Å². The van der Waals surface area contributed by atoms with Crippen molar-refractivity contribution in [2.45, 2.75) is 53.0 Å². The zero-order valence-electron chi connectivity index (χ0n) is 17.2. The topological polar surface area (TPSA) is 65.5 Å². The highest BCUT2D eigenvalue weighted by Crippen LogP contribution is 2.34. The first-order valence-corrected chi connectivity index (χ1v) is 11.8. The molecule has 1 aliphatic rings. The van der Waals surface area contributed by atoms with Gasteiger partial charge in [-0.25, -0.2) is 4.98 Å². The molecule has 1 fully saturated rings. The van der Waals surface area contributed by atoms with E-state index in [1.54, 1.807) is 11.3 Å². The van der Waals surface area contributed by atoms with Gasteiger partial charge in [-0.15, -0.1) is 11.3 Å². The molecule has 0 radical (unpaired) electrons. The fourth-order valence-corrected chi connectivity index (χ4v) is 5.71. The van der Waals surface area contributed by atoms with E-state index in [1.807, 2.05) is 11.0 Å². The number of fused-ring (bicyclic) bond motifs is 1. The second-order valence-corrected chi connectivity index (χ2v) is 9.72. The molecule has 154 valence electrons. The van der Waals surface area contributed by atoms with Gasteiger partial charge in [0.15, 0.2) is 5.13 Å². The Morgan fingerprint density at radius 3 is 2.50 bits per heavy atom. The van der Waals surface area contributed by atoms with E-state index < -0.39 is 0 Å². The smallest absolute Gasteiger partial charge is 0.261 e. The third-order valence-electron chi connectivity index (χ3n) is 5.10. The summed E-state index contributed by atoms with van der Waals surface area (Å²) >= 11 is 3.11. The van der Waals surface area contributed by atoms with Crippen molar-refractivity contribution in [3.63, 3.8) is 0 Å². The van der Waals surface area contributed by atoms with Gasteiger partial charge in [-0.1, -0.05) is 25.2 Å². The van der Waals surface area contributed by atoms with Crippen molar-refractivity contribution in [3.05, 3.63) is 10.9 Å². The highest BCUT2D eigenvalue weighted by Gasteiger charge is 2.25. The Hall–Kier alpha value is -1.67. The summed E-state index contributed by atoms with van der Waals surface area (Å²) in [6.45, 7) is 11.7. The van der Waals surface area contributed by atoms with E-state index in [4.69, 9.17) is 4.98 Å². The van der Waals surface area contributed by atoms with Crippen LogP contribution in [-0.4, -0.2) is 53.9 Å². The van der Waals surface area contributed by atoms with Crippen molar-refractivity contribution < 1.29 is 9.59 Å². The molecule has 2 aromatic heterocycles. The molecule has 0 saturated carbocycles. The highest BCUT2D eigenvalue weighted by molar-refractivity contribution is 7.29. The van der Waals surface area contributed by atoms with Crippen LogP contribution in [0.3, 0.4) is 0 Å². The van der Waals surface area contributed by atoms with Gasteiger partial charge in [0.25, 0.3) is 5.91 Å². The molecule has 28 heavy (non-hydrogen) atoms. The van der Waals surface area contributed by atoms with Crippen molar-refractivity contribution in [2.24, 2.45) is 5.92 Å². The van der Waals surface area contributed by atoms with Crippen LogP contribution < -0.4 is 10.2 Å². The summed E-state index contributed by atoms with van der Waals surface area (Å²) < 4.78 is 1.08. The zero-order valence-corrected chi connectivity index (χ0v) is 18.8. The lowest BCUT2D eigenvalue weighted by atomic mass is 10.0. The molecule has 0 bridgehead atoms. The molecule has 1 N–H and O–H groups in total. The number of carbonyl (C=O) groups excluding carboxylic acids is 2. The number of carbonyl (C=O) groups is 2. The Bertz CT molecular complexity index is 786. The van der Waals surface area contributed by atoms with Gasteiger partial charge >= 0.3 is 0 Å². The fraction of sp³-hybridized carbons (Fsp3) is 0.650. The van der Waals surface area contributed by atoms with Crippen LogP contribution in [-0.2, 0) is 4.79 Å². The molecule has 2 amide bonds. The van der Waals surface area contributed by atoms with Crippen molar-refractivity contribution in [3.8, 4) is 0 Å². The van der Waals surface area contributed by atoms with Gasteiger partial charge in [0.05, 0.1) is 9.58 Å². The molecule has 3 rings (SSSR count). The van der Waals surface area contributed by atoms with Crippen molar-refractivity contribution in [1.82, 2.24) is 15.2 Å². The predicted molar refractivity (Wildman–Crippen MR) is 118 cm³/mol. The Kier molecular flexibility index (Phi) is 6.93. The number of rotatable bonds is 7. The zero-order chi connectivity index (χ0) is 20.3. The van der Waals surface area contributed by atoms with Crippen LogP contribution in [0.4, 0.5) is 5.13 Å². The van der Waals surface area contributed by atoms with E-state index in [0.29, 0.717) is 12.3 Å². The molecule has 1 saturated heterocycles. The quantitative estimate of drug-likeness (QED) is 0.733. The van der Waals surface area contributed by atoms with Crippen LogP contribution in [0.5, 0.6) is 0 Å². The van der Waals surface area contributed by atoms with Crippen LogP contribution in [0.1, 0.15) is 56.6 Å². The number of aromatic nitrogens is 1. The van der Waals surface area contributed by atoms with Crippen molar-refractivity contribution >= 4 is 49.1 Å². The molecule has 1 aliphatic heterocycles. The summed E-state index contributed by atoms with van der Waals surface area (Å²) in [6.07, 6.45) is 2.24. The number of nitrogens with one attached hydrogen (secondary N) is 1. The molecule has 0 aliphatic carbocycles. The summed E-state index contributed by atoms with van der Waals surface area (Å²) in [6, 6.07) is 2.09. The summed E-state index contributed by atoms with van der Waals surface area (Å²) in [4.78, 5) is 35.3. The van der Waals surface area contributed by atoms with Gasteiger partial charge in [0.2, 0.25) is 5.91 Å². The Balaban J connectivity index is 1.55. The maximum Gasteiger partial charge on any atom is 0.261 e. The third-order valence-corrected chi connectivity index (χ3v) is 7.32. The normalized spacial score (nSPS) is 15.4. The number of thiophene rings is 1. The summed E-state index contributed by atoms with van der Waals surface area (Å²) in [5.74, 6) is 0.591. The lowest BCUT2D eigenvalue weighted by molar-refractivity contribution is -0.133. The van der Waals surface area contributed by atoms with Crippen LogP contribution in [0.2, 0.25) is 0 Å². The maximum absolute atomic E-state index is 12.7. The van der Waals surface area contributed by atoms with Gasteiger partial charge in [-0.05, 0) is 38.7 Å².